The third-order valence-electron chi connectivity index (χ3n) is 3.59. The van der Waals surface area contributed by atoms with Crippen LogP contribution in [0.5, 0.6) is 0 Å². The number of hydrogen-bond acceptors (Lipinski definition) is 1. The summed E-state index contributed by atoms with van der Waals surface area (Å²) < 4.78 is 0. The lowest BCUT2D eigenvalue weighted by Gasteiger charge is -2.19. The van der Waals surface area contributed by atoms with Crippen LogP contribution in [0.2, 0.25) is 0 Å². The highest BCUT2D eigenvalue weighted by atomic mass is 35.5. The van der Waals surface area contributed by atoms with Crippen LogP contribution < -0.4 is 0 Å². The molecule has 1 amide bonds. The monoisotopic (exact) mass is 215 g/mol. The molecule has 0 aliphatic heterocycles. The van der Waals surface area contributed by atoms with Gasteiger partial charge in [0.25, 0.3) is 0 Å². The SMILES string of the molecule is CC(Cl)CN(C)C(=O)C1C2CCCC21. The van der Waals surface area contributed by atoms with Crippen molar-refractivity contribution in [2.75, 3.05) is 13.6 Å². The van der Waals surface area contributed by atoms with Crippen LogP contribution in [0.3, 0.4) is 0 Å². The first-order chi connectivity index (χ1) is 6.61. The molecule has 2 nitrogen and oxygen atoms in total. The van der Waals surface area contributed by atoms with Gasteiger partial charge in [-0.1, -0.05) is 6.42 Å². The number of carbonyl (C=O) groups is 1. The van der Waals surface area contributed by atoms with Crippen LogP contribution >= 0.6 is 11.6 Å². The molecule has 0 saturated heterocycles. The van der Waals surface area contributed by atoms with E-state index in [-0.39, 0.29) is 5.38 Å². The number of carbonyl (C=O) groups excluding carboxylic acids is 1. The molecule has 0 heterocycles. The summed E-state index contributed by atoms with van der Waals surface area (Å²) in [4.78, 5) is 13.7. The van der Waals surface area contributed by atoms with E-state index in [0.717, 1.165) is 11.8 Å². The van der Waals surface area contributed by atoms with Gasteiger partial charge in [-0.2, -0.15) is 0 Å². The number of halogens is 1. The van der Waals surface area contributed by atoms with Crippen molar-refractivity contribution in [1.29, 1.82) is 0 Å². The zero-order valence-corrected chi connectivity index (χ0v) is 9.63. The fourth-order valence-electron chi connectivity index (χ4n) is 2.91. The standard InChI is InChI=1S/C11H18ClNO/c1-7(12)6-13(2)11(14)10-8-4-3-5-9(8)10/h7-10H,3-6H2,1-2H3. The number of rotatable bonds is 3. The molecule has 0 aromatic heterocycles. The highest BCUT2D eigenvalue weighted by Crippen LogP contribution is 2.57. The number of hydrogen-bond donors (Lipinski definition) is 0. The average Bonchev–Trinajstić information content (AvgIpc) is 2.56. The second-order valence-electron chi connectivity index (χ2n) is 4.78. The van der Waals surface area contributed by atoms with Crippen LogP contribution in [0.15, 0.2) is 0 Å². The zero-order chi connectivity index (χ0) is 10.3. The van der Waals surface area contributed by atoms with Gasteiger partial charge >= 0.3 is 0 Å². The Labute approximate surface area is 90.6 Å². The molecule has 0 aromatic rings. The molecule has 14 heavy (non-hydrogen) atoms. The topological polar surface area (TPSA) is 20.3 Å². The van der Waals surface area contributed by atoms with Crippen LogP contribution in [0.4, 0.5) is 0 Å². The van der Waals surface area contributed by atoms with E-state index in [9.17, 15) is 4.79 Å². The van der Waals surface area contributed by atoms with Gasteiger partial charge in [0, 0.05) is 24.9 Å². The molecule has 2 aliphatic rings. The molecule has 2 fully saturated rings. The molecule has 0 radical (unpaired) electrons. The lowest BCUT2D eigenvalue weighted by atomic mass is 10.1. The smallest absolute Gasteiger partial charge is 0.226 e. The van der Waals surface area contributed by atoms with E-state index in [1.54, 1.807) is 4.90 Å². The van der Waals surface area contributed by atoms with Gasteiger partial charge in [-0.3, -0.25) is 4.79 Å². The third kappa shape index (κ3) is 1.77. The minimum absolute atomic E-state index is 0.0579. The van der Waals surface area contributed by atoms with Crippen molar-refractivity contribution in [1.82, 2.24) is 4.90 Å². The second kappa shape index (κ2) is 3.73. The first kappa shape index (κ1) is 10.3. The first-order valence-electron chi connectivity index (χ1n) is 5.50. The van der Waals surface area contributed by atoms with Crippen LogP contribution in [-0.4, -0.2) is 29.8 Å². The van der Waals surface area contributed by atoms with Crippen LogP contribution in [0.1, 0.15) is 26.2 Å². The summed E-state index contributed by atoms with van der Waals surface area (Å²) in [6.45, 7) is 2.61. The first-order valence-corrected chi connectivity index (χ1v) is 5.94. The number of amides is 1. The molecule has 0 spiro atoms. The molecule has 2 rings (SSSR count). The Morgan fingerprint density at radius 2 is 2.07 bits per heavy atom. The fraction of sp³-hybridized carbons (Fsp3) is 0.909. The van der Waals surface area contributed by atoms with Crippen molar-refractivity contribution in [3.63, 3.8) is 0 Å². The Morgan fingerprint density at radius 1 is 1.50 bits per heavy atom. The summed E-state index contributed by atoms with van der Waals surface area (Å²) in [5.74, 6) is 2.11. The van der Waals surface area contributed by atoms with Crippen LogP contribution in [-0.2, 0) is 4.79 Å². The van der Waals surface area contributed by atoms with Gasteiger partial charge in [0.15, 0.2) is 0 Å². The number of nitrogens with zero attached hydrogens (tertiary/aromatic N) is 1. The molecular weight excluding hydrogens is 198 g/mol. The summed E-state index contributed by atoms with van der Waals surface area (Å²) in [5.41, 5.74) is 0. The maximum Gasteiger partial charge on any atom is 0.226 e. The van der Waals surface area contributed by atoms with E-state index >= 15 is 0 Å². The van der Waals surface area contributed by atoms with Crippen LogP contribution in [0.25, 0.3) is 0 Å². The Bertz CT molecular complexity index is 231. The van der Waals surface area contributed by atoms with Gasteiger partial charge in [-0.25, -0.2) is 0 Å². The third-order valence-corrected chi connectivity index (χ3v) is 3.73. The lowest BCUT2D eigenvalue weighted by molar-refractivity contribution is -0.132. The molecule has 0 N–H and O–H groups in total. The molecule has 2 saturated carbocycles. The highest BCUT2D eigenvalue weighted by molar-refractivity contribution is 6.20. The lowest BCUT2D eigenvalue weighted by Crippen LogP contribution is -2.33. The molecule has 2 aliphatic carbocycles. The van der Waals surface area contributed by atoms with Gasteiger partial charge in [-0.15, -0.1) is 11.6 Å². The summed E-state index contributed by atoms with van der Waals surface area (Å²) in [6.07, 6.45) is 3.87. The molecule has 3 heteroatoms. The summed E-state index contributed by atoms with van der Waals surface area (Å²) in [6, 6.07) is 0. The Balaban J connectivity index is 1.84. The second-order valence-corrected chi connectivity index (χ2v) is 5.53. The Kier molecular flexibility index (Phi) is 2.74. The van der Waals surface area contributed by atoms with Crippen molar-refractivity contribution >= 4 is 17.5 Å². The zero-order valence-electron chi connectivity index (χ0n) is 8.87. The molecule has 80 valence electrons. The van der Waals surface area contributed by atoms with Gasteiger partial charge < -0.3 is 4.90 Å². The molecule has 3 unspecified atom stereocenters. The van der Waals surface area contributed by atoms with Crippen molar-refractivity contribution in [3.8, 4) is 0 Å². The predicted octanol–water partition coefficient (Wildman–Crippen LogP) is 2.12. The van der Waals surface area contributed by atoms with Gasteiger partial charge in [0.1, 0.15) is 0 Å². The quantitative estimate of drug-likeness (QED) is 0.661. The van der Waals surface area contributed by atoms with Crippen LogP contribution in [0, 0.1) is 17.8 Å². The predicted molar refractivity (Wildman–Crippen MR) is 57.3 cm³/mol. The summed E-state index contributed by atoms with van der Waals surface area (Å²) in [5, 5.41) is 0.0579. The van der Waals surface area contributed by atoms with Gasteiger partial charge in [-0.05, 0) is 31.6 Å². The summed E-state index contributed by atoms with van der Waals surface area (Å²) >= 11 is 5.87. The Morgan fingerprint density at radius 3 is 2.57 bits per heavy atom. The average molecular weight is 216 g/mol. The minimum atomic E-state index is 0.0579. The molecule has 0 aromatic carbocycles. The molecular formula is C11H18ClNO. The minimum Gasteiger partial charge on any atom is -0.344 e. The Hall–Kier alpha value is -0.240. The van der Waals surface area contributed by atoms with Crippen molar-refractivity contribution in [3.05, 3.63) is 0 Å². The maximum absolute atomic E-state index is 11.9. The summed E-state index contributed by atoms with van der Waals surface area (Å²) in [7, 11) is 1.87. The normalized spacial score (nSPS) is 36.4. The van der Waals surface area contributed by atoms with E-state index in [4.69, 9.17) is 11.6 Å². The largest absolute Gasteiger partial charge is 0.344 e. The fourth-order valence-corrected chi connectivity index (χ4v) is 3.12. The van der Waals surface area contributed by atoms with E-state index in [2.05, 4.69) is 0 Å². The van der Waals surface area contributed by atoms with Crippen molar-refractivity contribution < 1.29 is 4.79 Å². The molecule has 3 atom stereocenters. The van der Waals surface area contributed by atoms with Gasteiger partial charge in [0.2, 0.25) is 5.91 Å². The number of fused-ring (bicyclic) bond motifs is 1. The van der Waals surface area contributed by atoms with Gasteiger partial charge in [0.05, 0.1) is 0 Å². The van der Waals surface area contributed by atoms with Crippen molar-refractivity contribution in [2.24, 2.45) is 17.8 Å². The van der Waals surface area contributed by atoms with Crippen molar-refractivity contribution in [2.45, 2.75) is 31.6 Å². The number of alkyl halides is 1. The van der Waals surface area contributed by atoms with E-state index < -0.39 is 0 Å². The maximum atomic E-state index is 11.9. The van der Waals surface area contributed by atoms with E-state index in [0.29, 0.717) is 18.4 Å². The van der Waals surface area contributed by atoms with E-state index in [1.165, 1.54) is 19.3 Å². The highest BCUT2D eigenvalue weighted by Gasteiger charge is 2.57. The molecule has 0 bridgehead atoms. The van der Waals surface area contributed by atoms with E-state index in [1.807, 2.05) is 14.0 Å².